The highest BCUT2D eigenvalue weighted by Crippen LogP contribution is 2.39. The molecule has 19 heavy (non-hydrogen) atoms. The molecule has 1 aromatic rings. The number of hydrogen-bond donors (Lipinski definition) is 0. The minimum Gasteiger partial charge on any atom is -0.340 e. The third kappa shape index (κ3) is 4.04. The molecule has 2 rings (SSSR count). The molecule has 0 radical (unpaired) electrons. The lowest BCUT2D eigenvalue weighted by Gasteiger charge is -2.16. The molecule has 1 fully saturated rings. The lowest BCUT2D eigenvalue weighted by molar-refractivity contribution is -0.143. The van der Waals surface area contributed by atoms with E-state index in [0.717, 1.165) is 12.8 Å². The Morgan fingerprint density at radius 2 is 1.95 bits per heavy atom. The predicted octanol–water partition coefficient (Wildman–Crippen LogP) is 5.00. The van der Waals surface area contributed by atoms with E-state index >= 15 is 0 Å². The monoisotopic (exact) mass is 372 g/mol. The molecule has 2 nitrogen and oxygen atoms in total. The van der Waals surface area contributed by atoms with Crippen molar-refractivity contribution in [1.29, 1.82) is 0 Å². The fourth-order valence-corrected chi connectivity index (χ4v) is 3.21. The van der Waals surface area contributed by atoms with Crippen LogP contribution in [0.3, 0.4) is 0 Å². The van der Waals surface area contributed by atoms with Crippen molar-refractivity contribution in [3.63, 3.8) is 0 Å². The summed E-state index contributed by atoms with van der Waals surface area (Å²) in [4.78, 5) is 0. The van der Waals surface area contributed by atoms with Crippen molar-refractivity contribution in [1.82, 2.24) is 0 Å². The second kappa shape index (κ2) is 6.37. The van der Waals surface area contributed by atoms with Gasteiger partial charge in [0.25, 0.3) is 0 Å². The Balaban J connectivity index is 2.22. The van der Waals surface area contributed by atoms with Crippen LogP contribution in [-0.2, 0) is 9.47 Å². The van der Waals surface area contributed by atoms with E-state index in [1.54, 1.807) is 0 Å². The Kier molecular flexibility index (Phi) is 5.03. The molecule has 104 valence electrons. The van der Waals surface area contributed by atoms with Gasteiger partial charge in [-0.25, -0.2) is 0 Å². The molecule has 3 heteroatoms. The number of hydrogen-bond acceptors (Lipinski definition) is 2. The lowest BCUT2D eigenvalue weighted by Crippen LogP contribution is -2.20. The fraction of sp³-hybridized carbons (Fsp3) is 0.500. The van der Waals surface area contributed by atoms with Gasteiger partial charge in [0.1, 0.15) is 12.2 Å². The summed E-state index contributed by atoms with van der Waals surface area (Å²) in [5.74, 6) is -0.523. The van der Waals surface area contributed by atoms with Crippen LogP contribution in [0.1, 0.15) is 45.3 Å². The van der Waals surface area contributed by atoms with Crippen LogP contribution in [0, 0.1) is 0 Å². The Labute approximate surface area is 129 Å². The fourth-order valence-electron chi connectivity index (χ4n) is 2.31. The molecule has 1 aliphatic heterocycles. The van der Waals surface area contributed by atoms with Gasteiger partial charge in [-0.3, -0.25) is 0 Å². The highest BCUT2D eigenvalue weighted by Gasteiger charge is 2.40. The van der Waals surface area contributed by atoms with Crippen molar-refractivity contribution >= 4 is 22.6 Å². The van der Waals surface area contributed by atoms with E-state index in [-0.39, 0.29) is 12.2 Å². The lowest BCUT2D eigenvalue weighted by atomic mass is 10.0. The van der Waals surface area contributed by atoms with E-state index in [0.29, 0.717) is 0 Å². The highest BCUT2D eigenvalue weighted by molar-refractivity contribution is 14.1. The maximum Gasteiger partial charge on any atom is 0.164 e. The number of benzene rings is 1. The minimum atomic E-state index is -0.523. The van der Waals surface area contributed by atoms with Crippen LogP contribution >= 0.6 is 22.6 Å². The molecule has 0 saturated carbocycles. The van der Waals surface area contributed by atoms with Crippen molar-refractivity contribution in [2.45, 2.75) is 51.6 Å². The van der Waals surface area contributed by atoms with Crippen LogP contribution < -0.4 is 0 Å². The van der Waals surface area contributed by atoms with Gasteiger partial charge in [0.2, 0.25) is 0 Å². The van der Waals surface area contributed by atoms with Crippen molar-refractivity contribution in [3.05, 3.63) is 45.6 Å². The average molecular weight is 372 g/mol. The molecule has 1 aromatic carbocycles. The average Bonchev–Trinajstić information content (AvgIpc) is 2.66. The zero-order valence-electron chi connectivity index (χ0n) is 11.7. The molecule has 0 N–H and O–H groups in total. The molecule has 0 aromatic heterocycles. The summed E-state index contributed by atoms with van der Waals surface area (Å²) in [6.07, 6.45) is 4.44. The predicted molar refractivity (Wildman–Crippen MR) is 86.2 cm³/mol. The molecule has 1 heterocycles. The van der Waals surface area contributed by atoms with Crippen molar-refractivity contribution in [3.8, 4) is 0 Å². The van der Waals surface area contributed by atoms with E-state index in [9.17, 15) is 0 Å². The first-order valence-electron chi connectivity index (χ1n) is 6.78. The van der Waals surface area contributed by atoms with Gasteiger partial charge in [-0.2, -0.15) is 0 Å². The summed E-state index contributed by atoms with van der Waals surface area (Å²) < 4.78 is 13.4. The Bertz CT molecular complexity index is 439. The van der Waals surface area contributed by atoms with Gasteiger partial charge >= 0.3 is 0 Å². The third-order valence-corrected chi connectivity index (χ3v) is 3.99. The summed E-state index contributed by atoms with van der Waals surface area (Å²) in [5.41, 5.74) is 1.18. The molecule has 0 aliphatic carbocycles. The van der Waals surface area contributed by atoms with Crippen LogP contribution in [0.15, 0.2) is 40.0 Å². The Morgan fingerprint density at radius 3 is 2.58 bits per heavy atom. The van der Waals surface area contributed by atoms with Crippen LogP contribution in [0.5, 0.6) is 0 Å². The quantitative estimate of drug-likeness (QED) is 0.693. The third-order valence-electron chi connectivity index (χ3n) is 3.09. The summed E-state index contributed by atoms with van der Waals surface area (Å²) in [7, 11) is 0. The molecule has 1 aliphatic rings. The molecule has 0 amide bonds. The summed E-state index contributed by atoms with van der Waals surface area (Å²) in [5, 5.41) is 0. The number of ether oxygens (including phenoxy) is 2. The molecule has 0 bridgehead atoms. The van der Waals surface area contributed by atoms with Gasteiger partial charge in [0.05, 0.1) is 0 Å². The van der Waals surface area contributed by atoms with Crippen molar-refractivity contribution in [2.24, 2.45) is 0 Å². The second-order valence-electron chi connectivity index (χ2n) is 5.29. The van der Waals surface area contributed by atoms with Gasteiger partial charge in [0.15, 0.2) is 5.79 Å². The normalized spacial score (nSPS) is 26.6. The van der Waals surface area contributed by atoms with Crippen LogP contribution in [-0.4, -0.2) is 11.9 Å². The highest BCUT2D eigenvalue weighted by atomic mass is 127. The first-order chi connectivity index (χ1) is 9.02. The molecule has 2 atom stereocenters. The summed E-state index contributed by atoms with van der Waals surface area (Å²) >= 11 is 2.40. The SMILES string of the molecule is CCC/C(I)=C/[C@H]1OC(C)(C)O[C@@H]1c1ccccc1. The molecule has 1 saturated heterocycles. The molecular formula is C16H21IO2. The first kappa shape index (κ1) is 15.0. The van der Waals surface area contributed by atoms with Gasteiger partial charge < -0.3 is 9.47 Å². The number of halogens is 1. The van der Waals surface area contributed by atoms with Crippen LogP contribution in [0.2, 0.25) is 0 Å². The van der Waals surface area contributed by atoms with E-state index in [1.807, 2.05) is 32.0 Å². The Hall–Kier alpha value is -0.390. The van der Waals surface area contributed by atoms with Gasteiger partial charge in [0, 0.05) is 0 Å². The van der Waals surface area contributed by atoms with Crippen molar-refractivity contribution in [2.75, 3.05) is 0 Å². The number of allylic oxidation sites excluding steroid dienone is 1. The zero-order chi connectivity index (χ0) is 13.9. The number of rotatable bonds is 4. The van der Waals surface area contributed by atoms with Crippen LogP contribution in [0.25, 0.3) is 0 Å². The van der Waals surface area contributed by atoms with E-state index in [4.69, 9.17) is 9.47 Å². The van der Waals surface area contributed by atoms with Gasteiger partial charge in [-0.15, -0.1) is 0 Å². The second-order valence-corrected chi connectivity index (χ2v) is 6.68. The summed E-state index contributed by atoms with van der Waals surface area (Å²) in [6, 6.07) is 10.3. The topological polar surface area (TPSA) is 18.5 Å². The van der Waals surface area contributed by atoms with E-state index < -0.39 is 5.79 Å². The summed E-state index contributed by atoms with van der Waals surface area (Å²) in [6.45, 7) is 6.14. The Morgan fingerprint density at radius 1 is 1.26 bits per heavy atom. The molecule has 0 spiro atoms. The van der Waals surface area contributed by atoms with Crippen LogP contribution in [0.4, 0.5) is 0 Å². The van der Waals surface area contributed by atoms with E-state index in [1.165, 1.54) is 9.14 Å². The zero-order valence-corrected chi connectivity index (χ0v) is 13.9. The first-order valence-corrected chi connectivity index (χ1v) is 7.86. The largest absolute Gasteiger partial charge is 0.340 e. The molecule has 0 unspecified atom stereocenters. The van der Waals surface area contributed by atoms with E-state index in [2.05, 4.69) is 47.7 Å². The minimum absolute atomic E-state index is 0.00384. The van der Waals surface area contributed by atoms with Gasteiger partial charge in [-0.1, -0.05) is 43.7 Å². The van der Waals surface area contributed by atoms with Gasteiger partial charge in [-0.05, 0) is 58.1 Å². The standard InChI is InChI=1S/C16H21IO2/c1-4-8-13(17)11-14-15(19-16(2,3)18-14)12-9-6-5-7-10-12/h5-7,9-11,14-15H,4,8H2,1-3H3/b13-11-/t14-,15-/m1/s1. The smallest absolute Gasteiger partial charge is 0.164 e. The maximum absolute atomic E-state index is 6.06. The van der Waals surface area contributed by atoms with Crippen molar-refractivity contribution < 1.29 is 9.47 Å². The maximum atomic E-state index is 6.06. The molecular weight excluding hydrogens is 351 g/mol.